The quantitative estimate of drug-likeness (QED) is 0.562. The summed E-state index contributed by atoms with van der Waals surface area (Å²) in [5.74, 6) is 0. The second-order valence-corrected chi connectivity index (χ2v) is 4.40. The maximum atomic E-state index is 3.75. The molecule has 0 spiro atoms. The Labute approximate surface area is 91.9 Å². The van der Waals surface area contributed by atoms with E-state index in [1.807, 2.05) is 6.08 Å². The van der Waals surface area contributed by atoms with Crippen LogP contribution in [0, 0.1) is 0 Å². The van der Waals surface area contributed by atoms with Crippen LogP contribution in [0.4, 0.5) is 0 Å². The lowest BCUT2D eigenvalue weighted by Gasteiger charge is -2.08. The summed E-state index contributed by atoms with van der Waals surface area (Å²) in [6.07, 6.45) is 10.1. The molecule has 1 N–H and O–H groups in total. The van der Waals surface area contributed by atoms with Crippen LogP contribution in [-0.2, 0) is 12.8 Å². The number of aromatic amines is 1. The number of unbranched alkanes of at least 4 members (excludes halogenated alkanes) is 1. The Morgan fingerprint density at radius 1 is 1.47 bits per heavy atom. The molecule has 0 aliphatic heterocycles. The van der Waals surface area contributed by atoms with Crippen LogP contribution < -0.4 is 0 Å². The van der Waals surface area contributed by atoms with E-state index in [9.17, 15) is 0 Å². The first kappa shape index (κ1) is 10.3. The van der Waals surface area contributed by atoms with Crippen LogP contribution >= 0.6 is 0 Å². The molecule has 15 heavy (non-hydrogen) atoms. The zero-order valence-corrected chi connectivity index (χ0v) is 9.47. The molecule has 0 saturated carbocycles. The first-order chi connectivity index (χ1) is 7.29. The topological polar surface area (TPSA) is 15.8 Å². The Hall–Kier alpha value is -1.24. The van der Waals surface area contributed by atoms with Crippen molar-refractivity contribution in [3.05, 3.63) is 41.2 Å². The predicted octanol–water partition coefficient (Wildman–Crippen LogP) is 3.87. The number of hydrogen-bond acceptors (Lipinski definition) is 0. The van der Waals surface area contributed by atoms with Gasteiger partial charge in [-0.15, -0.1) is 6.58 Å². The second-order valence-electron chi connectivity index (χ2n) is 4.40. The van der Waals surface area contributed by atoms with E-state index in [1.54, 1.807) is 0 Å². The summed E-state index contributed by atoms with van der Waals surface area (Å²) in [5, 5.41) is 0. The van der Waals surface area contributed by atoms with Crippen LogP contribution in [0.2, 0.25) is 0 Å². The van der Waals surface area contributed by atoms with E-state index < -0.39 is 0 Å². The maximum Gasteiger partial charge on any atom is 0.0226 e. The van der Waals surface area contributed by atoms with Gasteiger partial charge >= 0.3 is 0 Å². The molecule has 2 rings (SSSR count). The summed E-state index contributed by atoms with van der Waals surface area (Å²) in [7, 11) is 0. The lowest BCUT2D eigenvalue weighted by atomic mass is 9.99. The fourth-order valence-corrected chi connectivity index (χ4v) is 2.14. The Balaban J connectivity index is 2.06. The van der Waals surface area contributed by atoms with Crippen LogP contribution in [0.15, 0.2) is 24.3 Å². The number of aryl methyl sites for hydroxylation is 2. The van der Waals surface area contributed by atoms with Crippen molar-refractivity contribution < 1.29 is 0 Å². The minimum Gasteiger partial charge on any atom is -0.362 e. The molecular formula is C14H19N. The van der Waals surface area contributed by atoms with E-state index >= 15 is 0 Å². The fraction of sp³-hybridized carbons (Fsp3) is 0.429. The average molecular weight is 201 g/mol. The minimum absolute atomic E-state index is 1.11. The smallest absolute Gasteiger partial charge is 0.0226 e. The zero-order chi connectivity index (χ0) is 10.7. The van der Waals surface area contributed by atoms with Crippen molar-refractivity contribution in [3.8, 4) is 0 Å². The normalized spacial score (nSPS) is 14.6. The van der Waals surface area contributed by atoms with Crippen molar-refractivity contribution >= 4 is 6.08 Å². The van der Waals surface area contributed by atoms with Gasteiger partial charge in [-0.2, -0.15) is 0 Å². The van der Waals surface area contributed by atoms with E-state index in [0.717, 1.165) is 12.8 Å². The van der Waals surface area contributed by atoms with E-state index in [0.29, 0.717) is 0 Å². The molecule has 0 bridgehead atoms. The predicted molar refractivity (Wildman–Crippen MR) is 65.9 cm³/mol. The number of allylic oxidation sites excluding steroid dienone is 2. The molecule has 1 aromatic rings. The lowest BCUT2D eigenvalue weighted by molar-refractivity contribution is 0.813. The molecular weight excluding hydrogens is 182 g/mol. The first-order valence-corrected chi connectivity index (χ1v) is 5.78. The number of hydrogen-bond donors (Lipinski definition) is 1. The van der Waals surface area contributed by atoms with Gasteiger partial charge in [-0.1, -0.05) is 17.7 Å². The number of rotatable bonds is 4. The molecule has 1 aromatic heterocycles. The number of nitrogens with one attached hydrogen (secondary N) is 1. The van der Waals surface area contributed by atoms with Gasteiger partial charge in [-0.05, 0) is 50.7 Å². The molecule has 1 aliphatic rings. The van der Waals surface area contributed by atoms with Crippen LogP contribution in [0.25, 0.3) is 6.08 Å². The molecule has 1 heterocycles. The molecule has 0 aromatic carbocycles. The van der Waals surface area contributed by atoms with Gasteiger partial charge in [0.15, 0.2) is 0 Å². The third-order valence-corrected chi connectivity index (χ3v) is 3.02. The molecule has 1 heteroatoms. The SMILES string of the molecule is C=CCCCc1cc2c([nH]1)CCC(C)=C2. The van der Waals surface area contributed by atoms with Gasteiger partial charge in [0.25, 0.3) is 0 Å². The Morgan fingerprint density at radius 3 is 3.13 bits per heavy atom. The molecule has 0 saturated heterocycles. The van der Waals surface area contributed by atoms with Crippen LogP contribution in [0.1, 0.15) is 43.1 Å². The third kappa shape index (κ3) is 2.41. The highest BCUT2D eigenvalue weighted by molar-refractivity contribution is 5.58. The molecule has 0 amide bonds. The summed E-state index contributed by atoms with van der Waals surface area (Å²) in [6, 6.07) is 2.31. The summed E-state index contributed by atoms with van der Waals surface area (Å²) >= 11 is 0. The van der Waals surface area contributed by atoms with E-state index in [1.165, 1.54) is 41.8 Å². The van der Waals surface area contributed by atoms with E-state index in [-0.39, 0.29) is 0 Å². The highest BCUT2D eigenvalue weighted by atomic mass is 14.7. The second kappa shape index (κ2) is 4.52. The van der Waals surface area contributed by atoms with E-state index in [4.69, 9.17) is 0 Å². The first-order valence-electron chi connectivity index (χ1n) is 5.78. The molecule has 80 valence electrons. The summed E-state index contributed by atoms with van der Waals surface area (Å²) in [5.41, 5.74) is 5.72. The molecule has 1 aliphatic carbocycles. The van der Waals surface area contributed by atoms with Crippen molar-refractivity contribution in [2.45, 2.75) is 39.0 Å². The molecule has 0 unspecified atom stereocenters. The summed E-state index contributed by atoms with van der Waals surface area (Å²) in [4.78, 5) is 3.53. The van der Waals surface area contributed by atoms with Gasteiger partial charge < -0.3 is 4.98 Å². The summed E-state index contributed by atoms with van der Waals surface area (Å²) < 4.78 is 0. The number of aromatic nitrogens is 1. The molecule has 1 nitrogen and oxygen atoms in total. The lowest BCUT2D eigenvalue weighted by Crippen LogP contribution is -1.95. The van der Waals surface area contributed by atoms with Crippen molar-refractivity contribution in [1.29, 1.82) is 0 Å². The van der Waals surface area contributed by atoms with E-state index in [2.05, 4.69) is 30.6 Å². The van der Waals surface area contributed by atoms with Crippen molar-refractivity contribution in [2.75, 3.05) is 0 Å². The van der Waals surface area contributed by atoms with Crippen molar-refractivity contribution in [2.24, 2.45) is 0 Å². The van der Waals surface area contributed by atoms with Gasteiger partial charge in [-0.3, -0.25) is 0 Å². The largest absolute Gasteiger partial charge is 0.362 e. The molecule has 0 radical (unpaired) electrons. The van der Waals surface area contributed by atoms with Gasteiger partial charge in [0, 0.05) is 11.4 Å². The van der Waals surface area contributed by atoms with Gasteiger partial charge in [0.2, 0.25) is 0 Å². The van der Waals surface area contributed by atoms with Crippen LogP contribution in [0.5, 0.6) is 0 Å². The molecule has 0 atom stereocenters. The fourth-order valence-electron chi connectivity index (χ4n) is 2.14. The minimum atomic E-state index is 1.11. The number of fused-ring (bicyclic) bond motifs is 1. The van der Waals surface area contributed by atoms with Crippen LogP contribution in [-0.4, -0.2) is 4.98 Å². The van der Waals surface area contributed by atoms with Crippen molar-refractivity contribution in [1.82, 2.24) is 4.98 Å². The average Bonchev–Trinajstić information content (AvgIpc) is 2.60. The summed E-state index contributed by atoms with van der Waals surface area (Å²) in [6.45, 7) is 5.96. The highest BCUT2D eigenvalue weighted by Gasteiger charge is 2.10. The Bertz CT molecular complexity index is 382. The van der Waals surface area contributed by atoms with Gasteiger partial charge in [0.1, 0.15) is 0 Å². The zero-order valence-electron chi connectivity index (χ0n) is 9.47. The monoisotopic (exact) mass is 201 g/mol. The third-order valence-electron chi connectivity index (χ3n) is 3.02. The number of H-pyrrole nitrogens is 1. The highest BCUT2D eigenvalue weighted by Crippen LogP contribution is 2.24. The van der Waals surface area contributed by atoms with Crippen molar-refractivity contribution in [3.63, 3.8) is 0 Å². The van der Waals surface area contributed by atoms with Gasteiger partial charge in [0.05, 0.1) is 0 Å². The Kier molecular flexibility index (Phi) is 3.10. The van der Waals surface area contributed by atoms with Crippen LogP contribution in [0.3, 0.4) is 0 Å². The maximum absolute atomic E-state index is 3.75. The standard InChI is InChI=1S/C14H19N/c1-3-4-5-6-13-10-12-9-11(2)7-8-14(12)15-13/h3,9-10,15H,1,4-8H2,2H3. The van der Waals surface area contributed by atoms with Gasteiger partial charge in [-0.25, -0.2) is 0 Å². The Morgan fingerprint density at radius 2 is 2.33 bits per heavy atom. The molecule has 0 fully saturated rings.